The van der Waals surface area contributed by atoms with Crippen LogP contribution in [0.1, 0.15) is 0 Å². The number of benzene rings is 8. The van der Waals surface area contributed by atoms with Crippen LogP contribution in [0.25, 0.3) is 98.8 Å². The van der Waals surface area contributed by atoms with E-state index in [0.717, 1.165) is 11.2 Å². The lowest BCUT2D eigenvalue weighted by atomic mass is 9.83. The number of rotatable bonds is 2. The van der Waals surface area contributed by atoms with Gasteiger partial charge in [0.05, 0.1) is 0 Å². The van der Waals surface area contributed by atoms with E-state index in [1.54, 1.807) is 0 Å². The second-order valence-corrected chi connectivity index (χ2v) is 11.6. The third-order valence-corrected chi connectivity index (χ3v) is 9.39. The number of furan rings is 1. The molecular formula is C42H24O. The zero-order chi connectivity index (χ0) is 28.1. The Morgan fingerprint density at radius 1 is 0.302 bits per heavy atom. The molecule has 0 fully saturated rings. The average Bonchev–Trinajstić information content (AvgIpc) is 3.39. The maximum Gasteiger partial charge on any atom is 0.136 e. The molecule has 1 heterocycles. The Kier molecular flexibility index (Phi) is 4.51. The van der Waals surface area contributed by atoms with Gasteiger partial charge in [-0.15, -0.1) is 0 Å². The minimum Gasteiger partial charge on any atom is -0.456 e. The van der Waals surface area contributed by atoms with Gasteiger partial charge in [0, 0.05) is 16.2 Å². The largest absolute Gasteiger partial charge is 0.456 e. The summed E-state index contributed by atoms with van der Waals surface area (Å²) in [6, 6.07) is 53.0. The van der Waals surface area contributed by atoms with Crippen LogP contribution in [0, 0.1) is 0 Å². The maximum atomic E-state index is 6.72. The molecule has 0 saturated heterocycles. The van der Waals surface area contributed by atoms with Crippen LogP contribution in [0.5, 0.6) is 0 Å². The fourth-order valence-electron chi connectivity index (χ4n) is 7.71. The van der Waals surface area contributed by atoms with E-state index in [4.69, 9.17) is 4.42 Å². The van der Waals surface area contributed by atoms with Crippen molar-refractivity contribution in [2.45, 2.75) is 0 Å². The fourth-order valence-corrected chi connectivity index (χ4v) is 7.71. The fraction of sp³-hybridized carbons (Fsp3) is 0. The Balaban J connectivity index is 1.45. The predicted octanol–water partition coefficient (Wildman–Crippen LogP) is 12.0. The summed E-state index contributed by atoms with van der Waals surface area (Å²) in [5.74, 6) is 0. The molecule has 0 unspecified atom stereocenters. The third-order valence-electron chi connectivity index (χ3n) is 9.39. The molecule has 0 bridgehead atoms. The number of hydrogen-bond acceptors (Lipinski definition) is 1. The van der Waals surface area contributed by atoms with Crippen LogP contribution in [0.15, 0.2) is 150 Å². The lowest BCUT2D eigenvalue weighted by Crippen LogP contribution is -1.92. The Hall–Kier alpha value is -5.66. The SMILES string of the molecule is c1ccc(-c2c3ccccc3c(-c3cc4oc5cccc6c5c4c4c(cccc34)-c3ccccc3-6)c3ccccc23)cc1. The summed E-state index contributed by atoms with van der Waals surface area (Å²) in [5.41, 5.74) is 11.9. The first-order valence-electron chi connectivity index (χ1n) is 14.9. The molecule has 8 aromatic carbocycles. The zero-order valence-corrected chi connectivity index (χ0v) is 23.3. The molecule has 0 atom stereocenters. The highest BCUT2D eigenvalue weighted by molar-refractivity contribution is 6.33. The highest BCUT2D eigenvalue weighted by Crippen LogP contribution is 2.52. The van der Waals surface area contributed by atoms with Crippen LogP contribution < -0.4 is 0 Å². The van der Waals surface area contributed by atoms with Gasteiger partial charge in [0.2, 0.25) is 0 Å². The first kappa shape index (κ1) is 23.0. The first-order chi connectivity index (χ1) is 21.4. The number of hydrogen-bond donors (Lipinski definition) is 0. The molecule has 1 heteroatoms. The Morgan fingerprint density at radius 3 is 1.49 bits per heavy atom. The molecule has 1 aliphatic rings. The summed E-state index contributed by atoms with van der Waals surface area (Å²) in [6.07, 6.45) is 0. The van der Waals surface area contributed by atoms with E-state index in [-0.39, 0.29) is 0 Å². The van der Waals surface area contributed by atoms with Crippen molar-refractivity contribution in [3.8, 4) is 44.5 Å². The van der Waals surface area contributed by atoms with E-state index in [1.807, 2.05) is 0 Å². The molecule has 1 nitrogen and oxygen atoms in total. The van der Waals surface area contributed by atoms with Gasteiger partial charge in [0.25, 0.3) is 0 Å². The summed E-state index contributed by atoms with van der Waals surface area (Å²) < 4.78 is 6.72. The van der Waals surface area contributed by atoms with Gasteiger partial charge >= 0.3 is 0 Å². The molecule has 10 rings (SSSR count). The van der Waals surface area contributed by atoms with Crippen molar-refractivity contribution in [2.24, 2.45) is 0 Å². The molecule has 0 spiro atoms. The van der Waals surface area contributed by atoms with E-state index in [9.17, 15) is 0 Å². The molecule has 0 radical (unpaired) electrons. The highest BCUT2D eigenvalue weighted by Gasteiger charge is 2.26. The summed E-state index contributed by atoms with van der Waals surface area (Å²) in [7, 11) is 0. The van der Waals surface area contributed by atoms with Gasteiger partial charge in [-0.3, -0.25) is 0 Å². The molecule has 1 aromatic heterocycles. The van der Waals surface area contributed by atoms with E-state index in [1.165, 1.54) is 87.6 Å². The second kappa shape index (κ2) is 8.44. The van der Waals surface area contributed by atoms with Crippen molar-refractivity contribution in [2.75, 3.05) is 0 Å². The van der Waals surface area contributed by atoms with Crippen molar-refractivity contribution in [1.29, 1.82) is 0 Å². The van der Waals surface area contributed by atoms with E-state index < -0.39 is 0 Å². The topological polar surface area (TPSA) is 13.1 Å². The monoisotopic (exact) mass is 544 g/mol. The van der Waals surface area contributed by atoms with Crippen molar-refractivity contribution in [3.05, 3.63) is 146 Å². The van der Waals surface area contributed by atoms with Crippen molar-refractivity contribution in [1.82, 2.24) is 0 Å². The standard InChI is InChI=1S/C42H24O/c1-2-12-25(13-3-1)38-30-16-6-8-18-32(30)39(33-19-9-7-17-31(33)38)35-24-37-42-40-28(20-10-21-34(35)40)26-14-4-5-15-27(26)29-22-11-23-36(43-37)41(29)42/h1-24H. The molecule has 0 N–H and O–H groups in total. The summed E-state index contributed by atoms with van der Waals surface area (Å²) >= 11 is 0. The van der Waals surface area contributed by atoms with Crippen molar-refractivity contribution < 1.29 is 4.42 Å². The van der Waals surface area contributed by atoms with Gasteiger partial charge in [-0.25, -0.2) is 0 Å². The van der Waals surface area contributed by atoms with Crippen molar-refractivity contribution >= 4 is 54.3 Å². The second-order valence-electron chi connectivity index (χ2n) is 11.6. The smallest absolute Gasteiger partial charge is 0.136 e. The Morgan fingerprint density at radius 2 is 0.814 bits per heavy atom. The van der Waals surface area contributed by atoms with Gasteiger partial charge < -0.3 is 4.42 Å². The first-order valence-corrected chi connectivity index (χ1v) is 14.9. The zero-order valence-electron chi connectivity index (χ0n) is 23.3. The van der Waals surface area contributed by atoms with E-state index in [2.05, 4.69) is 146 Å². The molecule has 0 amide bonds. The predicted molar refractivity (Wildman–Crippen MR) is 182 cm³/mol. The van der Waals surface area contributed by atoms with Crippen LogP contribution in [-0.2, 0) is 0 Å². The summed E-state index contributed by atoms with van der Waals surface area (Å²) in [5, 5.41) is 9.96. The maximum absolute atomic E-state index is 6.72. The third kappa shape index (κ3) is 3.01. The van der Waals surface area contributed by atoms with Gasteiger partial charge in [-0.05, 0) is 83.6 Å². The molecule has 0 saturated carbocycles. The van der Waals surface area contributed by atoms with Crippen LogP contribution in [0.3, 0.4) is 0 Å². The molecule has 0 aliphatic heterocycles. The molecular weight excluding hydrogens is 520 g/mol. The lowest BCUT2D eigenvalue weighted by Gasteiger charge is -2.19. The quantitative estimate of drug-likeness (QED) is 0.197. The molecule has 43 heavy (non-hydrogen) atoms. The van der Waals surface area contributed by atoms with Gasteiger partial charge in [0.15, 0.2) is 0 Å². The minimum atomic E-state index is 0.936. The Bertz CT molecular complexity index is 2550. The molecule has 9 aromatic rings. The van der Waals surface area contributed by atoms with Gasteiger partial charge in [0.1, 0.15) is 11.2 Å². The van der Waals surface area contributed by atoms with Gasteiger partial charge in [-0.1, -0.05) is 133 Å². The van der Waals surface area contributed by atoms with Crippen LogP contribution >= 0.6 is 0 Å². The highest BCUT2D eigenvalue weighted by atomic mass is 16.3. The average molecular weight is 545 g/mol. The molecule has 1 aliphatic carbocycles. The van der Waals surface area contributed by atoms with Crippen molar-refractivity contribution in [3.63, 3.8) is 0 Å². The van der Waals surface area contributed by atoms with Crippen LogP contribution in [0.4, 0.5) is 0 Å². The van der Waals surface area contributed by atoms with E-state index in [0.29, 0.717) is 0 Å². The summed E-state index contributed by atoms with van der Waals surface area (Å²) in [4.78, 5) is 0. The molecule has 198 valence electrons. The normalized spacial score (nSPS) is 12.2. The number of fused-ring (bicyclic) bond motifs is 5. The van der Waals surface area contributed by atoms with Crippen LogP contribution in [-0.4, -0.2) is 0 Å². The van der Waals surface area contributed by atoms with Crippen LogP contribution in [0.2, 0.25) is 0 Å². The van der Waals surface area contributed by atoms with Gasteiger partial charge in [-0.2, -0.15) is 0 Å². The lowest BCUT2D eigenvalue weighted by molar-refractivity contribution is 0.669. The Labute approximate surface area is 248 Å². The minimum absolute atomic E-state index is 0.936. The summed E-state index contributed by atoms with van der Waals surface area (Å²) in [6.45, 7) is 0. The van der Waals surface area contributed by atoms with E-state index >= 15 is 0 Å².